The Kier molecular flexibility index (Phi) is 5.47. The van der Waals surface area contributed by atoms with E-state index in [1.54, 1.807) is 6.92 Å². The van der Waals surface area contributed by atoms with Gasteiger partial charge < -0.3 is 10.4 Å². The Morgan fingerprint density at radius 3 is 2.27 bits per heavy atom. The summed E-state index contributed by atoms with van der Waals surface area (Å²) in [6.07, 6.45) is 6.19. The molecule has 11 heavy (non-hydrogen) atoms. The summed E-state index contributed by atoms with van der Waals surface area (Å²) in [6, 6.07) is 0.377. The van der Waals surface area contributed by atoms with Crippen molar-refractivity contribution in [2.24, 2.45) is 0 Å². The number of nitrogens with one attached hydrogen (secondary N) is 1. The molecule has 1 aliphatic rings. The number of amides is 1. The van der Waals surface area contributed by atoms with Crippen LogP contribution in [0.1, 0.15) is 19.8 Å². The van der Waals surface area contributed by atoms with E-state index in [-0.39, 0.29) is 5.91 Å². The van der Waals surface area contributed by atoms with Crippen LogP contribution in [0.3, 0.4) is 0 Å². The number of carbonyl (C=O) groups is 1. The lowest BCUT2D eigenvalue weighted by Crippen LogP contribution is -2.30. The topological polar surface area (TPSA) is 49.3 Å². The van der Waals surface area contributed by atoms with Crippen LogP contribution in [0.25, 0.3) is 0 Å². The first kappa shape index (κ1) is 10.2. The Balaban J connectivity index is 0.000000461. The molecule has 0 aromatic carbocycles. The lowest BCUT2D eigenvalue weighted by Gasteiger charge is -2.08. The van der Waals surface area contributed by atoms with Crippen LogP contribution < -0.4 is 5.32 Å². The van der Waals surface area contributed by atoms with Crippen LogP contribution in [0.4, 0.5) is 0 Å². The molecule has 3 heteroatoms. The first-order valence-corrected chi connectivity index (χ1v) is 3.66. The van der Waals surface area contributed by atoms with Crippen molar-refractivity contribution in [3.63, 3.8) is 0 Å². The van der Waals surface area contributed by atoms with Crippen LogP contribution >= 0.6 is 0 Å². The second-order valence-electron chi connectivity index (χ2n) is 2.34. The summed E-state index contributed by atoms with van der Waals surface area (Å²) in [7, 11) is 1.00. The van der Waals surface area contributed by atoms with Crippen molar-refractivity contribution in [2.75, 3.05) is 7.11 Å². The van der Waals surface area contributed by atoms with E-state index in [1.165, 1.54) is 0 Å². The summed E-state index contributed by atoms with van der Waals surface area (Å²) in [5.41, 5.74) is 0. The zero-order chi connectivity index (χ0) is 8.69. The molecule has 0 saturated heterocycles. The molecule has 3 nitrogen and oxygen atoms in total. The van der Waals surface area contributed by atoms with E-state index in [0.717, 1.165) is 20.0 Å². The summed E-state index contributed by atoms with van der Waals surface area (Å²) in [4.78, 5) is 10.5. The fourth-order valence-corrected chi connectivity index (χ4v) is 1.02. The van der Waals surface area contributed by atoms with Gasteiger partial charge in [0.1, 0.15) is 0 Å². The average Bonchev–Trinajstić information content (AvgIpc) is 2.43. The molecule has 0 heterocycles. The number of aliphatic hydroxyl groups excluding tert-OH is 1. The SMILES string of the molecule is CC(=O)NC1CC=CC1.CO. The van der Waals surface area contributed by atoms with Gasteiger partial charge in [-0.05, 0) is 12.8 Å². The summed E-state index contributed by atoms with van der Waals surface area (Å²) < 4.78 is 0. The Morgan fingerprint density at radius 2 is 1.91 bits per heavy atom. The molecule has 1 aliphatic carbocycles. The van der Waals surface area contributed by atoms with E-state index in [0.29, 0.717) is 6.04 Å². The zero-order valence-corrected chi connectivity index (χ0v) is 7.00. The van der Waals surface area contributed by atoms with Crippen molar-refractivity contribution in [3.05, 3.63) is 12.2 Å². The standard InChI is InChI=1S/C7H11NO.CH4O/c1-6(9)8-7-4-2-3-5-7;1-2/h2-3,7H,4-5H2,1H3,(H,8,9);2H,1H3. The second kappa shape index (κ2) is 5.92. The normalized spacial score (nSPS) is 15.5. The molecule has 0 radical (unpaired) electrons. The largest absolute Gasteiger partial charge is 0.400 e. The molecule has 0 aromatic rings. The van der Waals surface area contributed by atoms with Gasteiger partial charge in [0, 0.05) is 20.1 Å². The third-order valence-corrected chi connectivity index (χ3v) is 1.42. The highest BCUT2D eigenvalue weighted by molar-refractivity contribution is 5.73. The summed E-state index contributed by atoms with van der Waals surface area (Å²) >= 11 is 0. The monoisotopic (exact) mass is 157 g/mol. The maximum Gasteiger partial charge on any atom is 0.217 e. The van der Waals surface area contributed by atoms with E-state index < -0.39 is 0 Å². The number of rotatable bonds is 1. The highest BCUT2D eigenvalue weighted by Crippen LogP contribution is 2.08. The Labute approximate surface area is 67.1 Å². The van der Waals surface area contributed by atoms with Crippen LogP contribution in [-0.2, 0) is 4.79 Å². The van der Waals surface area contributed by atoms with Crippen molar-refractivity contribution in [1.29, 1.82) is 0 Å². The molecule has 0 unspecified atom stereocenters. The van der Waals surface area contributed by atoms with Crippen LogP contribution in [-0.4, -0.2) is 24.2 Å². The minimum absolute atomic E-state index is 0.0729. The van der Waals surface area contributed by atoms with E-state index in [9.17, 15) is 4.79 Å². The molecular formula is C8H15NO2. The molecule has 2 N–H and O–H groups in total. The third kappa shape index (κ3) is 4.56. The smallest absolute Gasteiger partial charge is 0.217 e. The van der Waals surface area contributed by atoms with Crippen molar-refractivity contribution < 1.29 is 9.90 Å². The number of hydrogen-bond acceptors (Lipinski definition) is 2. The molecule has 1 amide bonds. The molecule has 0 spiro atoms. The molecule has 0 fully saturated rings. The number of aliphatic hydroxyl groups is 1. The minimum Gasteiger partial charge on any atom is -0.400 e. The second-order valence-corrected chi connectivity index (χ2v) is 2.34. The van der Waals surface area contributed by atoms with E-state index >= 15 is 0 Å². The minimum atomic E-state index is 0.0729. The Hall–Kier alpha value is -0.830. The van der Waals surface area contributed by atoms with Gasteiger partial charge in [0.15, 0.2) is 0 Å². The first-order chi connectivity index (χ1) is 5.29. The Bertz CT molecular complexity index is 135. The van der Waals surface area contributed by atoms with Crippen LogP contribution in [0, 0.1) is 0 Å². The molecule has 0 aromatic heterocycles. The average molecular weight is 157 g/mol. The first-order valence-electron chi connectivity index (χ1n) is 3.66. The summed E-state index contributed by atoms with van der Waals surface area (Å²) in [5.74, 6) is 0.0729. The number of carbonyl (C=O) groups excluding carboxylic acids is 1. The van der Waals surface area contributed by atoms with Gasteiger partial charge in [0.25, 0.3) is 0 Å². The van der Waals surface area contributed by atoms with Crippen LogP contribution in [0.5, 0.6) is 0 Å². The van der Waals surface area contributed by atoms with E-state index in [4.69, 9.17) is 5.11 Å². The summed E-state index contributed by atoms with van der Waals surface area (Å²) in [5, 5.41) is 9.84. The molecule has 64 valence electrons. The fraction of sp³-hybridized carbons (Fsp3) is 0.625. The maximum absolute atomic E-state index is 10.5. The predicted octanol–water partition coefficient (Wildman–Crippen LogP) is 0.450. The van der Waals surface area contributed by atoms with Crippen molar-refractivity contribution in [2.45, 2.75) is 25.8 Å². The molecule has 0 bridgehead atoms. The predicted molar refractivity (Wildman–Crippen MR) is 44.1 cm³/mol. The zero-order valence-electron chi connectivity index (χ0n) is 7.00. The van der Waals surface area contributed by atoms with Crippen molar-refractivity contribution >= 4 is 5.91 Å². The van der Waals surface area contributed by atoms with Crippen molar-refractivity contribution in [1.82, 2.24) is 5.32 Å². The lowest BCUT2D eigenvalue weighted by molar-refractivity contribution is -0.119. The Morgan fingerprint density at radius 1 is 1.45 bits per heavy atom. The third-order valence-electron chi connectivity index (χ3n) is 1.42. The fourth-order valence-electron chi connectivity index (χ4n) is 1.02. The van der Waals surface area contributed by atoms with Gasteiger partial charge >= 0.3 is 0 Å². The van der Waals surface area contributed by atoms with Gasteiger partial charge in [-0.3, -0.25) is 4.79 Å². The molecule has 0 saturated carbocycles. The van der Waals surface area contributed by atoms with Crippen LogP contribution in [0.2, 0.25) is 0 Å². The summed E-state index contributed by atoms with van der Waals surface area (Å²) in [6.45, 7) is 1.55. The lowest BCUT2D eigenvalue weighted by atomic mass is 10.2. The van der Waals surface area contributed by atoms with E-state index in [2.05, 4.69) is 17.5 Å². The van der Waals surface area contributed by atoms with Gasteiger partial charge in [-0.15, -0.1) is 0 Å². The van der Waals surface area contributed by atoms with E-state index in [1.807, 2.05) is 0 Å². The quantitative estimate of drug-likeness (QED) is 0.543. The van der Waals surface area contributed by atoms with Gasteiger partial charge in [-0.1, -0.05) is 12.2 Å². The highest BCUT2D eigenvalue weighted by atomic mass is 16.2. The van der Waals surface area contributed by atoms with Gasteiger partial charge in [0.2, 0.25) is 5.91 Å². The van der Waals surface area contributed by atoms with Crippen LogP contribution in [0.15, 0.2) is 12.2 Å². The number of hydrogen-bond donors (Lipinski definition) is 2. The molecular weight excluding hydrogens is 142 g/mol. The highest BCUT2D eigenvalue weighted by Gasteiger charge is 2.09. The molecule has 0 aliphatic heterocycles. The van der Waals surface area contributed by atoms with Gasteiger partial charge in [0.05, 0.1) is 0 Å². The maximum atomic E-state index is 10.5. The molecule has 1 rings (SSSR count). The molecule has 0 atom stereocenters. The van der Waals surface area contributed by atoms with Gasteiger partial charge in [-0.25, -0.2) is 0 Å². The van der Waals surface area contributed by atoms with Gasteiger partial charge in [-0.2, -0.15) is 0 Å². The van der Waals surface area contributed by atoms with Crippen molar-refractivity contribution in [3.8, 4) is 0 Å².